The number of nitrogens with one attached hydrogen (secondary N) is 1. The second-order valence-electron chi connectivity index (χ2n) is 3.48. The van der Waals surface area contributed by atoms with Gasteiger partial charge in [0.1, 0.15) is 0 Å². The van der Waals surface area contributed by atoms with Crippen molar-refractivity contribution < 1.29 is 4.74 Å². The third-order valence-corrected chi connectivity index (χ3v) is 2.42. The summed E-state index contributed by atoms with van der Waals surface area (Å²) in [6, 6.07) is 4.15. The molecule has 0 unspecified atom stereocenters. The van der Waals surface area contributed by atoms with Gasteiger partial charge in [-0.15, -0.1) is 0 Å². The van der Waals surface area contributed by atoms with Crippen molar-refractivity contribution in [1.29, 1.82) is 0 Å². The Morgan fingerprint density at radius 2 is 1.82 bits per heavy atom. The van der Waals surface area contributed by atoms with Gasteiger partial charge in [0.25, 0.3) is 0 Å². The van der Waals surface area contributed by atoms with Gasteiger partial charge in [0.2, 0.25) is 11.2 Å². The van der Waals surface area contributed by atoms with E-state index in [-0.39, 0.29) is 11.3 Å². The molecule has 0 fully saturated rings. The van der Waals surface area contributed by atoms with E-state index in [9.17, 15) is 0 Å². The van der Waals surface area contributed by atoms with Crippen LogP contribution >= 0.6 is 11.6 Å². The van der Waals surface area contributed by atoms with E-state index in [1.165, 1.54) is 7.11 Å². The monoisotopic (exact) mass is 253 g/mol. The van der Waals surface area contributed by atoms with Crippen LogP contribution in [0.1, 0.15) is 11.4 Å². The third kappa shape index (κ3) is 2.47. The van der Waals surface area contributed by atoms with Gasteiger partial charge >= 0.3 is 6.01 Å². The molecule has 0 saturated carbocycles. The molecule has 6 nitrogen and oxygen atoms in total. The number of ether oxygens (including phenoxy) is 1. The highest BCUT2D eigenvalue weighted by Gasteiger charge is 2.07. The van der Waals surface area contributed by atoms with Crippen molar-refractivity contribution >= 4 is 17.5 Å². The van der Waals surface area contributed by atoms with Crippen LogP contribution in [0, 0.1) is 13.8 Å². The van der Waals surface area contributed by atoms with Crippen LogP contribution < -0.4 is 10.2 Å². The lowest BCUT2D eigenvalue weighted by atomic mass is 10.5. The summed E-state index contributed by atoms with van der Waals surface area (Å²) < 4.78 is 6.77. The third-order valence-electron chi connectivity index (χ3n) is 2.25. The van der Waals surface area contributed by atoms with Gasteiger partial charge in [0.15, 0.2) is 0 Å². The molecule has 0 aliphatic rings. The molecule has 1 N–H and O–H groups in total. The summed E-state index contributed by atoms with van der Waals surface area (Å²) in [4.78, 5) is 11.8. The first kappa shape index (κ1) is 11.7. The Morgan fingerprint density at radius 3 is 2.41 bits per heavy atom. The molecule has 0 spiro atoms. The highest BCUT2D eigenvalue weighted by atomic mass is 35.5. The average molecular weight is 254 g/mol. The summed E-state index contributed by atoms with van der Waals surface area (Å²) in [6.45, 7) is 3.94. The average Bonchev–Trinajstić information content (AvgIpc) is 2.60. The predicted octanol–water partition coefficient (Wildman–Crippen LogP) is 1.83. The molecule has 0 saturated heterocycles. The number of anilines is 1. The second-order valence-corrected chi connectivity index (χ2v) is 3.82. The molecule has 17 heavy (non-hydrogen) atoms. The fourth-order valence-corrected chi connectivity index (χ4v) is 1.57. The topological polar surface area (TPSA) is 64.9 Å². The molecule has 2 heterocycles. The minimum absolute atomic E-state index is 0.0850. The van der Waals surface area contributed by atoms with Gasteiger partial charge in [-0.25, -0.2) is 0 Å². The van der Waals surface area contributed by atoms with Crippen molar-refractivity contribution in [1.82, 2.24) is 19.6 Å². The molecule has 0 aliphatic carbocycles. The van der Waals surface area contributed by atoms with Crippen LogP contribution in [-0.2, 0) is 0 Å². The number of hydrogen-bond acceptors (Lipinski definition) is 5. The Balaban J connectivity index is 2.33. The molecule has 7 heteroatoms. The molecule has 0 aliphatic heterocycles. The van der Waals surface area contributed by atoms with Crippen molar-refractivity contribution in [3.63, 3.8) is 0 Å². The Hall–Kier alpha value is -1.82. The minimum atomic E-state index is 0.0850. The van der Waals surface area contributed by atoms with E-state index in [2.05, 4.69) is 20.4 Å². The van der Waals surface area contributed by atoms with Crippen LogP contribution in [0.5, 0.6) is 6.01 Å². The number of methoxy groups -OCH3 is 1. The minimum Gasteiger partial charge on any atom is -0.467 e. The normalized spacial score (nSPS) is 10.4. The van der Waals surface area contributed by atoms with Crippen molar-refractivity contribution in [2.45, 2.75) is 13.8 Å². The molecule has 2 aromatic rings. The fourth-order valence-electron chi connectivity index (χ4n) is 1.42. The number of hydrogen-bond donors (Lipinski definition) is 1. The van der Waals surface area contributed by atoms with E-state index in [1.807, 2.05) is 30.7 Å². The zero-order valence-corrected chi connectivity index (χ0v) is 10.5. The molecule has 2 rings (SSSR count). The van der Waals surface area contributed by atoms with E-state index in [1.54, 1.807) is 0 Å². The Morgan fingerprint density at radius 1 is 1.18 bits per heavy atom. The Labute approximate surface area is 104 Å². The molecule has 0 amide bonds. The molecule has 0 aromatic carbocycles. The first-order chi connectivity index (χ1) is 8.10. The SMILES string of the molecule is COc1nc(Cl)nc(Nn2c(C)ccc2C)n1. The van der Waals surface area contributed by atoms with Gasteiger partial charge in [0, 0.05) is 11.4 Å². The van der Waals surface area contributed by atoms with Crippen molar-refractivity contribution in [3.05, 3.63) is 28.8 Å². The van der Waals surface area contributed by atoms with Crippen LogP contribution in [0.25, 0.3) is 0 Å². The first-order valence-electron chi connectivity index (χ1n) is 4.97. The number of halogens is 1. The molecular weight excluding hydrogens is 242 g/mol. The molecule has 0 bridgehead atoms. The van der Waals surface area contributed by atoms with E-state index in [0.29, 0.717) is 5.95 Å². The van der Waals surface area contributed by atoms with Crippen LogP contribution in [0.2, 0.25) is 5.28 Å². The fraction of sp³-hybridized carbons (Fsp3) is 0.300. The molecule has 90 valence electrons. The number of aromatic nitrogens is 4. The van der Waals surface area contributed by atoms with E-state index < -0.39 is 0 Å². The van der Waals surface area contributed by atoms with Crippen molar-refractivity contribution in [2.75, 3.05) is 12.5 Å². The van der Waals surface area contributed by atoms with Gasteiger partial charge < -0.3 is 4.74 Å². The first-order valence-corrected chi connectivity index (χ1v) is 5.35. The maximum atomic E-state index is 5.76. The quantitative estimate of drug-likeness (QED) is 0.904. The maximum Gasteiger partial charge on any atom is 0.322 e. The standard InChI is InChI=1S/C10H12ClN5O/c1-6-4-5-7(2)16(6)15-9-12-8(11)13-10(14-9)17-3/h4-5H,1-3H3,(H,12,13,14,15). The molecule has 2 aromatic heterocycles. The van der Waals surface area contributed by atoms with Gasteiger partial charge in [-0.2, -0.15) is 15.0 Å². The van der Waals surface area contributed by atoms with Crippen molar-refractivity contribution in [2.24, 2.45) is 0 Å². The van der Waals surface area contributed by atoms with Crippen LogP contribution in [0.3, 0.4) is 0 Å². The lowest BCUT2D eigenvalue weighted by Gasteiger charge is -2.11. The predicted molar refractivity (Wildman–Crippen MR) is 64.3 cm³/mol. The van der Waals surface area contributed by atoms with Crippen molar-refractivity contribution in [3.8, 4) is 6.01 Å². The molecule has 0 radical (unpaired) electrons. The summed E-state index contributed by atoms with van der Waals surface area (Å²) >= 11 is 5.76. The zero-order valence-electron chi connectivity index (χ0n) is 9.73. The summed E-state index contributed by atoms with van der Waals surface area (Å²) in [6.07, 6.45) is 0. The largest absolute Gasteiger partial charge is 0.467 e. The Kier molecular flexibility index (Phi) is 3.14. The van der Waals surface area contributed by atoms with Crippen LogP contribution in [0.4, 0.5) is 5.95 Å². The summed E-state index contributed by atoms with van der Waals surface area (Å²) in [5, 5.41) is 0.0850. The number of nitrogens with zero attached hydrogens (tertiary/aromatic N) is 4. The van der Waals surface area contributed by atoms with E-state index >= 15 is 0 Å². The molecular formula is C10H12ClN5O. The van der Waals surface area contributed by atoms with Gasteiger partial charge in [-0.05, 0) is 37.6 Å². The van der Waals surface area contributed by atoms with E-state index in [0.717, 1.165) is 11.4 Å². The van der Waals surface area contributed by atoms with E-state index in [4.69, 9.17) is 16.3 Å². The smallest absolute Gasteiger partial charge is 0.322 e. The Bertz CT molecular complexity index is 520. The zero-order chi connectivity index (χ0) is 12.4. The molecule has 0 atom stereocenters. The van der Waals surface area contributed by atoms with Crippen LogP contribution in [-0.4, -0.2) is 26.7 Å². The lowest BCUT2D eigenvalue weighted by molar-refractivity contribution is 0.378. The van der Waals surface area contributed by atoms with Crippen LogP contribution in [0.15, 0.2) is 12.1 Å². The summed E-state index contributed by atoms with van der Waals surface area (Å²) in [5.74, 6) is 0.337. The number of rotatable bonds is 3. The summed E-state index contributed by atoms with van der Waals surface area (Å²) in [5.41, 5.74) is 5.11. The maximum absolute atomic E-state index is 5.76. The van der Waals surface area contributed by atoms with Gasteiger partial charge in [0.05, 0.1) is 7.11 Å². The summed E-state index contributed by atoms with van der Waals surface area (Å²) in [7, 11) is 1.47. The lowest BCUT2D eigenvalue weighted by Crippen LogP contribution is -2.15. The van der Waals surface area contributed by atoms with Gasteiger partial charge in [-0.3, -0.25) is 10.1 Å². The van der Waals surface area contributed by atoms with Gasteiger partial charge in [-0.1, -0.05) is 0 Å². The second kappa shape index (κ2) is 4.58. The number of aryl methyl sites for hydroxylation is 2. The highest BCUT2D eigenvalue weighted by molar-refractivity contribution is 6.28. The highest BCUT2D eigenvalue weighted by Crippen LogP contribution is 2.13.